The Bertz CT molecular complexity index is 1200. The first kappa shape index (κ1) is 17.4. The van der Waals surface area contributed by atoms with Gasteiger partial charge in [-0.2, -0.15) is 0 Å². The van der Waals surface area contributed by atoms with Gasteiger partial charge in [0, 0.05) is 12.4 Å². The van der Waals surface area contributed by atoms with E-state index in [0.29, 0.717) is 10.8 Å². The Kier molecular flexibility index (Phi) is 4.68. The van der Waals surface area contributed by atoms with Gasteiger partial charge in [0.2, 0.25) is 0 Å². The lowest BCUT2D eigenvalue weighted by molar-refractivity contribution is 0.102. The van der Waals surface area contributed by atoms with Crippen LogP contribution in [0.25, 0.3) is 15.9 Å². The van der Waals surface area contributed by atoms with Gasteiger partial charge in [-0.15, -0.1) is 0 Å². The van der Waals surface area contributed by atoms with Crippen LogP contribution in [0.15, 0.2) is 53.6 Å². The number of carbonyl (C=O) groups is 1. The van der Waals surface area contributed by atoms with Gasteiger partial charge in [-0.25, -0.2) is 9.97 Å². The second-order valence-electron chi connectivity index (χ2n) is 6.28. The molecule has 0 fully saturated rings. The maximum absolute atomic E-state index is 12.6. The molecule has 0 bridgehead atoms. The molecular formula is C20H18N4O2S. The lowest BCUT2D eigenvalue weighted by atomic mass is 10.1. The number of nitrogens with zero attached hydrogens (tertiary/aromatic N) is 3. The predicted octanol–water partition coefficient (Wildman–Crippen LogP) is 3.90. The fourth-order valence-electron chi connectivity index (χ4n) is 2.91. The van der Waals surface area contributed by atoms with Crippen molar-refractivity contribution in [3.05, 3.63) is 70.3 Å². The summed E-state index contributed by atoms with van der Waals surface area (Å²) < 4.78 is 2.38. The second-order valence-corrected chi connectivity index (χ2v) is 7.32. The van der Waals surface area contributed by atoms with Crippen molar-refractivity contribution in [3.63, 3.8) is 0 Å². The number of anilines is 1. The van der Waals surface area contributed by atoms with Gasteiger partial charge in [-0.1, -0.05) is 36.8 Å². The molecule has 0 saturated carbocycles. The van der Waals surface area contributed by atoms with Crippen molar-refractivity contribution in [3.8, 4) is 0 Å². The van der Waals surface area contributed by atoms with Crippen LogP contribution in [-0.2, 0) is 6.42 Å². The van der Waals surface area contributed by atoms with Crippen LogP contribution in [-0.4, -0.2) is 20.3 Å². The van der Waals surface area contributed by atoms with Crippen molar-refractivity contribution in [1.82, 2.24) is 14.4 Å². The summed E-state index contributed by atoms with van der Waals surface area (Å²) in [6.07, 6.45) is 6.23. The van der Waals surface area contributed by atoms with Crippen molar-refractivity contribution in [1.29, 1.82) is 0 Å². The summed E-state index contributed by atoms with van der Waals surface area (Å²) in [7, 11) is 0. The topological polar surface area (TPSA) is 76.4 Å². The summed E-state index contributed by atoms with van der Waals surface area (Å²) in [6, 6.07) is 11.4. The van der Waals surface area contributed by atoms with Crippen molar-refractivity contribution in [2.45, 2.75) is 26.2 Å². The van der Waals surface area contributed by atoms with Gasteiger partial charge in [-0.3, -0.25) is 19.3 Å². The van der Waals surface area contributed by atoms with E-state index in [1.165, 1.54) is 27.5 Å². The van der Waals surface area contributed by atoms with E-state index in [-0.39, 0.29) is 5.56 Å². The quantitative estimate of drug-likeness (QED) is 0.571. The zero-order valence-electron chi connectivity index (χ0n) is 14.8. The molecule has 1 aromatic carbocycles. The predicted molar refractivity (Wildman–Crippen MR) is 108 cm³/mol. The highest BCUT2D eigenvalue weighted by Gasteiger charge is 2.15. The Morgan fingerprint density at radius 2 is 2.15 bits per heavy atom. The van der Waals surface area contributed by atoms with Crippen LogP contribution in [0.4, 0.5) is 5.13 Å². The Labute approximate surface area is 159 Å². The average molecular weight is 378 g/mol. The fourth-order valence-corrected chi connectivity index (χ4v) is 3.83. The molecule has 0 spiro atoms. The zero-order chi connectivity index (χ0) is 18.8. The third-order valence-electron chi connectivity index (χ3n) is 4.35. The molecule has 4 aromatic rings. The number of hydrogen-bond acceptors (Lipinski definition) is 5. The molecule has 0 atom stereocenters. The van der Waals surface area contributed by atoms with Crippen LogP contribution in [0, 0.1) is 0 Å². The van der Waals surface area contributed by atoms with Crippen LogP contribution in [0.5, 0.6) is 0 Å². The normalized spacial score (nSPS) is 11.1. The average Bonchev–Trinajstić information content (AvgIpc) is 3.08. The second kappa shape index (κ2) is 7.28. The van der Waals surface area contributed by atoms with E-state index in [1.807, 2.05) is 6.07 Å². The molecule has 7 heteroatoms. The van der Waals surface area contributed by atoms with Crippen molar-refractivity contribution >= 4 is 38.2 Å². The number of thiazole rings is 1. The van der Waals surface area contributed by atoms with Crippen LogP contribution in [0.3, 0.4) is 0 Å². The number of aromatic nitrogens is 3. The number of pyridine rings is 1. The largest absolute Gasteiger partial charge is 0.298 e. The fraction of sp³-hybridized carbons (Fsp3) is 0.200. The molecule has 3 aromatic heterocycles. The highest BCUT2D eigenvalue weighted by atomic mass is 32.1. The summed E-state index contributed by atoms with van der Waals surface area (Å²) >= 11 is 1.41. The number of amides is 1. The minimum Gasteiger partial charge on any atom is -0.298 e. The Balaban J connectivity index is 1.61. The van der Waals surface area contributed by atoms with Gasteiger partial charge in [-0.05, 0) is 42.7 Å². The van der Waals surface area contributed by atoms with Gasteiger partial charge in [0.15, 0.2) is 5.13 Å². The standard InChI is InChI=1S/C20H18N4O2S/c1-2-3-6-13-8-9-15-16(11-13)27-20(22-15)23-18(25)14-12-21-17-7-4-5-10-24(17)19(14)26/h4-5,7-12H,2-3,6H2,1H3,(H,22,23,25). The number of nitrogens with one attached hydrogen (secondary N) is 1. The number of benzene rings is 1. The molecule has 0 aliphatic rings. The molecular weight excluding hydrogens is 360 g/mol. The van der Waals surface area contributed by atoms with Crippen LogP contribution in [0.2, 0.25) is 0 Å². The zero-order valence-corrected chi connectivity index (χ0v) is 15.6. The molecule has 3 heterocycles. The number of aryl methyl sites for hydroxylation is 1. The summed E-state index contributed by atoms with van der Waals surface area (Å²) in [5.74, 6) is -0.504. The lowest BCUT2D eigenvalue weighted by Gasteiger charge is -2.03. The Hall–Kier alpha value is -3.06. The Morgan fingerprint density at radius 1 is 1.26 bits per heavy atom. The molecule has 0 radical (unpaired) electrons. The van der Waals surface area contributed by atoms with Crippen LogP contribution in [0.1, 0.15) is 35.7 Å². The molecule has 1 N–H and O–H groups in total. The SMILES string of the molecule is CCCCc1ccc2nc(NC(=O)c3cnc4ccccn4c3=O)sc2c1. The lowest BCUT2D eigenvalue weighted by Crippen LogP contribution is -2.26. The van der Waals surface area contributed by atoms with E-state index in [4.69, 9.17) is 0 Å². The van der Waals surface area contributed by atoms with Gasteiger partial charge < -0.3 is 0 Å². The van der Waals surface area contributed by atoms with Gasteiger partial charge >= 0.3 is 0 Å². The highest BCUT2D eigenvalue weighted by molar-refractivity contribution is 7.22. The molecule has 136 valence electrons. The van der Waals surface area contributed by atoms with Crippen LogP contribution >= 0.6 is 11.3 Å². The van der Waals surface area contributed by atoms with Crippen molar-refractivity contribution in [2.75, 3.05) is 5.32 Å². The third kappa shape index (κ3) is 3.46. The summed E-state index contributed by atoms with van der Waals surface area (Å²) in [5, 5.41) is 3.20. The monoisotopic (exact) mass is 378 g/mol. The highest BCUT2D eigenvalue weighted by Crippen LogP contribution is 2.27. The molecule has 0 unspecified atom stereocenters. The number of carbonyl (C=O) groups excluding carboxylic acids is 1. The van der Waals surface area contributed by atoms with E-state index in [9.17, 15) is 9.59 Å². The number of hydrogen-bond donors (Lipinski definition) is 1. The van der Waals surface area contributed by atoms with E-state index in [2.05, 4.69) is 34.3 Å². The van der Waals surface area contributed by atoms with Crippen LogP contribution < -0.4 is 10.9 Å². The first-order valence-electron chi connectivity index (χ1n) is 8.83. The summed E-state index contributed by atoms with van der Waals surface area (Å²) in [6.45, 7) is 2.17. The minimum atomic E-state index is -0.504. The maximum Gasteiger partial charge on any atom is 0.270 e. The molecule has 0 aliphatic heterocycles. The summed E-state index contributed by atoms with van der Waals surface area (Å²) in [5.41, 5.74) is 2.19. The van der Waals surface area contributed by atoms with E-state index in [0.717, 1.165) is 29.5 Å². The van der Waals surface area contributed by atoms with E-state index < -0.39 is 11.5 Å². The van der Waals surface area contributed by atoms with E-state index in [1.54, 1.807) is 24.4 Å². The Morgan fingerprint density at radius 3 is 3.00 bits per heavy atom. The number of fused-ring (bicyclic) bond motifs is 2. The molecule has 4 rings (SSSR count). The number of rotatable bonds is 5. The molecule has 0 saturated heterocycles. The van der Waals surface area contributed by atoms with Gasteiger partial charge in [0.25, 0.3) is 11.5 Å². The molecule has 6 nitrogen and oxygen atoms in total. The third-order valence-corrected chi connectivity index (χ3v) is 5.28. The smallest absolute Gasteiger partial charge is 0.270 e. The maximum atomic E-state index is 12.6. The molecule has 0 aliphatic carbocycles. The minimum absolute atomic E-state index is 0.0124. The molecule has 27 heavy (non-hydrogen) atoms. The van der Waals surface area contributed by atoms with Gasteiger partial charge in [0.1, 0.15) is 11.2 Å². The van der Waals surface area contributed by atoms with Crippen molar-refractivity contribution < 1.29 is 4.79 Å². The summed E-state index contributed by atoms with van der Waals surface area (Å²) in [4.78, 5) is 33.7. The first-order valence-corrected chi connectivity index (χ1v) is 9.64. The first-order chi connectivity index (χ1) is 13.2. The number of unbranched alkanes of at least 4 members (excludes halogenated alkanes) is 1. The molecule has 1 amide bonds. The van der Waals surface area contributed by atoms with E-state index >= 15 is 0 Å². The van der Waals surface area contributed by atoms with Crippen molar-refractivity contribution in [2.24, 2.45) is 0 Å². The van der Waals surface area contributed by atoms with Gasteiger partial charge in [0.05, 0.1) is 10.2 Å².